The lowest BCUT2D eigenvalue weighted by atomic mass is 9.56. The number of carbonyl (C=O) groups excluding carboxylic acids is 2. The highest BCUT2D eigenvalue weighted by Crippen LogP contribution is 2.54. The fourth-order valence-electron chi connectivity index (χ4n) is 4.25. The van der Waals surface area contributed by atoms with Crippen molar-refractivity contribution >= 4 is 34.3 Å². The summed E-state index contributed by atoms with van der Waals surface area (Å²) in [5.74, 6) is -0.161. The molecule has 0 saturated carbocycles. The fourth-order valence-corrected chi connectivity index (χ4v) is 4.70. The molecule has 114 valence electrons. The smallest absolute Gasteiger partial charge is 0.334 e. The van der Waals surface area contributed by atoms with Crippen molar-refractivity contribution in [2.24, 2.45) is 5.92 Å². The van der Waals surface area contributed by atoms with Gasteiger partial charge in [0.2, 0.25) is 0 Å². The predicted molar refractivity (Wildman–Crippen MR) is 87.8 cm³/mol. The third kappa shape index (κ3) is 1.68. The van der Waals surface area contributed by atoms with Crippen LogP contribution < -0.4 is 0 Å². The van der Waals surface area contributed by atoms with Gasteiger partial charge in [-0.1, -0.05) is 13.0 Å². The highest BCUT2D eigenvalue weighted by molar-refractivity contribution is 14.1. The highest BCUT2D eigenvalue weighted by Gasteiger charge is 2.51. The Balaban J connectivity index is 1.93. The maximum Gasteiger partial charge on any atom is 0.334 e. The Morgan fingerprint density at radius 1 is 1.36 bits per heavy atom. The standard InChI is InChI=1S/C17H15IO4/c1-17-5-4-8-9(7-22-16(8)21)11(17)6-13(19)14-10(17)2-3-12(18)15(14)20/h2-3,11,20H,4-7H2,1H3/t11?,17-/m1/s1. The summed E-state index contributed by atoms with van der Waals surface area (Å²) in [6.07, 6.45) is 1.82. The Morgan fingerprint density at radius 3 is 2.91 bits per heavy atom. The number of hydrogen-bond acceptors (Lipinski definition) is 4. The average Bonchev–Trinajstić information content (AvgIpc) is 2.85. The molecule has 1 heterocycles. The van der Waals surface area contributed by atoms with Crippen molar-refractivity contribution in [2.45, 2.75) is 31.6 Å². The van der Waals surface area contributed by atoms with Gasteiger partial charge in [-0.15, -0.1) is 0 Å². The van der Waals surface area contributed by atoms with E-state index in [0.29, 0.717) is 28.6 Å². The summed E-state index contributed by atoms with van der Waals surface area (Å²) in [7, 11) is 0. The minimum atomic E-state index is -0.224. The van der Waals surface area contributed by atoms with Gasteiger partial charge in [-0.3, -0.25) is 4.79 Å². The number of fused-ring (bicyclic) bond motifs is 4. The van der Waals surface area contributed by atoms with Crippen molar-refractivity contribution in [3.63, 3.8) is 0 Å². The number of rotatable bonds is 0. The van der Waals surface area contributed by atoms with Crippen LogP contribution in [0.5, 0.6) is 5.75 Å². The number of hydrogen-bond donors (Lipinski definition) is 1. The van der Waals surface area contributed by atoms with E-state index < -0.39 is 0 Å². The number of Topliss-reactive ketones (excluding diaryl/α,β-unsaturated/α-hetero) is 1. The van der Waals surface area contributed by atoms with Crippen LogP contribution in [0.15, 0.2) is 23.3 Å². The van der Waals surface area contributed by atoms with Gasteiger partial charge in [0, 0.05) is 23.3 Å². The molecule has 0 bridgehead atoms. The second-order valence-corrected chi connectivity index (χ2v) is 7.66. The molecule has 0 radical (unpaired) electrons. The van der Waals surface area contributed by atoms with Crippen molar-refractivity contribution in [1.82, 2.24) is 0 Å². The third-order valence-corrected chi connectivity index (χ3v) is 6.36. The second kappa shape index (κ2) is 4.57. The molecule has 1 aromatic rings. The zero-order valence-corrected chi connectivity index (χ0v) is 14.3. The molecule has 1 unspecified atom stereocenters. The van der Waals surface area contributed by atoms with E-state index >= 15 is 0 Å². The van der Waals surface area contributed by atoms with Gasteiger partial charge in [0.1, 0.15) is 12.4 Å². The van der Waals surface area contributed by atoms with Crippen molar-refractivity contribution in [3.05, 3.63) is 38.0 Å². The number of aromatic hydroxyl groups is 1. The molecule has 1 N–H and O–H groups in total. The SMILES string of the molecule is C[C@]12CCC3=C(COC3=O)C1CC(=O)c1c2ccc(I)c1O. The molecular formula is C17H15IO4. The predicted octanol–water partition coefficient (Wildman–Crippen LogP) is 3.10. The molecule has 0 spiro atoms. The summed E-state index contributed by atoms with van der Waals surface area (Å²) < 4.78 is 5.88. The number of ketones is 1. The van der Waals surface area contributed by atoms with Crippen LogP contribution >= 0.6 is 22.6 Å². The minimum Gasteiger partial charge on any atom is -0.506 e. The van der Waals surface area contributed by atoms with Gasteiger partial charge in [0.15, 0.2) is 5.78 Å². The summed E-state index contributed by atoms with van der Waals surface area (Å²) in [6, 6.07) is 3.82. The lowest BCUT2D eigenvalue weighted by molar-refractivity contribution is -0.136. The normalized spacial score (nSPS) is 29.8. The molecule has 22 heavy (non-hydrogen) atoms. The molecule has 1 aromatic carbocycles. The Bertz CT molecular complexity index is 764. The van der Waals surface area contributed by atoms with Crippen molar-refractivity contribution in [1.29, 1.82) is 0 Å². The molecule has 5 heteroatoms. The van der Waals surface area contributed by atoms with E-state index in [1.54, 1.807) is 0 Å². The van der Waals surface area contributed by atoms with Gasteiger partial charge in [0.05, 0.1) is 9.13 Å². The third-order valence-electron chi connectivity index (χ3n) is 5.49. The van der Waals surface area contributed by atoms with Crippen molar-refractivity contribution in [3.8, 4) is 5.75 Å². The Kier molecular flexibility index (Phi) is 2.95. The molecule has 4 rings (SSSR count). The average molecular weight is 410 g/mol. The molecule has 0 saturated heterocycles. The monoisotopic (exact) mass is 410 g/mol. The summed E-state index contributed by atoms with van der Waals surface area (Å²) >= 11 is 2.04. The van der Waals surface area contributed by atoms with Gasteiger partial charge in [-0.2, -0.15) is 0 Å². The first-order valence-electron chi connectivity index (χ1n) is 7.37. The first-order valence-corrected chi connectivity index (χ1v) is 8.45. The number of ether oxygens (including phenoxy) is 1. The molecule has 2 atom stereocenters. The van der Waals surface area contributed by atoms with E-state index in [1.807, 2.05) is 34.7 Å². The number of esters is 1. The van der Waals surface area contributed by atoms with Crippen LogP contribution in [0, 0.1) is 9.49 Å². The van der Waals surface area contributed by atoms with Crippen LogP contribution in [0.2, 0.25) is 0 Å². The summed E-state index contributed by atoms with van der Waals surface area (Å²) in [6.45, 7) is 2.45. The molecule has 0 aromatic heterocycles. The topological polar surface area (TPSA) is 63.6 Å². The van der Waals surface area contributed by atoms with Crippen LogP contribution in [0.25, 0.3) is 0 Å². The van der Waals surface area contributed by atoms with Gasteiger partial charge >= 0.3 is 5.97 Å². The zero-order chi connectivity index (χ0) is 15.6. The summed E-state index contributed by atoms with van der Waals surface area (Å²) in [4.78, 5) is 24.4. The molecular weight excluding hydrogens is 395 g/mol. The first kappa shape index (κ1) is 14.2. The Hall–Kier alpha value is -1.37. The first-order chi connectivity index (χ1) is 10.4. The van der Waals surface area contributed by atoms with E-state index in [4.69, 9.17) is 4.74 Å². The molecule has 0 amide bonds. The molecule has 4 nitrogen and oxygen atoms in total. The van der Waals surface area contributed by atoms with Crippen LogP contribution in [-0.2, 0) is 14.9 Å². The second-order valence-electron chi connectivity index (χ2n) is 6.50. The molecule has 1 aliphatic heterocycles. The lowest BCUT2D eigenvalue weighted by Crippen LogP contribution is -2.43. The highest BCUT2D eigenvalue weighted by atomic mass is 127. The number of carbonyl (C=O) groups is 2. The van der Waals surface area contributed by atoms with Gasteiger partial charge in [-0.05, 0) is 52.6 Å². The molecule has 3 aliphatic rings. The lowest BCUT2D eigenvalue weighted by Gasteiger charge is -2.45. The fraction of sp³-hybridized carbons (Fsp3) is 0.412. The summed E-state index contributed by atoms with van der Waals surface area (Å²) in [5.41, 5.74) is 2.93. The van der Waals surface area contributed by atoms with Gasteiger partial charge < -0.3 is 9.84 Å². The maximum absolute atomic E-state index is 12.6. The zero-order valence-electron chi connectivity index (χ0n) is 12.1. The Morgan fingerprint density at radius 2 is 2.14 bits per heavy atom. The van der Waals surface area contributed by atoms with E-state index in [9.17, 15) is 14.7 Å². The van der Waals surface area contributed by atoms with Crippen molar-refractivity contribution < 1.29 is 19.4 Å². The number of halogens is 1. The van der Waals surface area contributed by atoms with Crippen LogP contribution in [0.4, 0.5) is 0 Å². The Labute approximate surface area is 141 Å². The van der Waals surface area contributed by atoms with E-state index in [1.165, 1.54) is 0 Å². The van der Waals surface area contributed by atoms with Gasteiger partial charge in [0.25, 0.3) is 0 Å². The molecule has 2 aliphatic carbocycles. The van der Waals surface area contributed by atoms with Crippen molar-refractivity contribution in [2.75, 3.05) is 6.61 Å². The number of phenols is 1. The van der Waals surface area contributed by atoms with Crippen LogP contribution in [0.1, 0.15) is 42.1 Å². The molecule has 0 fully saturated rings. The van der Waals surface area contributed by atoms with Crippen LogP contribution in [-0.4, -0.2) is 23.5 Å². The number of cyclic esters (lactones) is 1. The van der Waals surface area contributed by atoms with E-state index in [0.717, 1.165) is 23.1 Å². The van der Waals surface area contributed by atoms with Gasteiger partial charge in [-0.25, -0.2) is 4.79 Å². The quantitative estimate of drug-likeness (QED) is 0.528. The van der Waals surface area contributed by atoms with E-state index in [-0.39, 0.29) is 28.8 Å². The largest absolute Gasteiger partial charge is 0.506 e. The number of phenolic OH excluding ortho intramolecular Hbond substituents is 1. The minimum absolute atomic E-state index is 0.00200. The van der Waals surface area contributed by atoms with Crippen LogP contribution in [0.3, 0.4) is 0 Å². The van der Waals surface area contributed by atoms with E-state index in [2.05, 4.69) is 6.92 Å². The maximum atomic E-state index is 12.6. The summed E-state index contributed by atoms with van der Waals surface area (Å²) in [5, 5.41) is 10.3. The number of benzene rings is 1.